The van der Waals surface area contributed by atoms with Gasteiger partial charge in [0.2, 0.25) is 5.91 Å². The summed E-state index contributed by atoms with van der Waals surface area (Å²) in [6.07, 6.45) is 3.56. The number of hydrogen-bond donors (Lipinski definition) is 1. The summed E-state index contributed by atoms with van der Waals surface area (Å²) in [6.45, 7) is 6.35. The Morgan fingerprint density at radius 1 is 1.23 bits per heavy atom. The minimum atomic E-state index is -0.614. The third-order valence-electron chi connectivity index (χ3n) is 4.87. The van der Waals surface area contributed by atoms with E-state index in [1.807, 2.05) is 30.5 Å². The van der Waals surface area contributed by atoms with Crippen molar-refractivity contribution in [3.8, 4) is 0 Å². The highest BCUT2D eigenvalue weighted by molar-refractivity contribution is 5.98. The fourth-order valence-corrected chi connectivity index (χ4v) is 3.35. The van der Waals surface area contributed by atoms with Crippen LogP contribution in [-0.2, 0) is 11.3 Å². The van der Waals surface area contributed by atoms with Crippen molar-refractivity contribution in [3.05, 3.63) is 53.9 Å². The molecule has 0 spiro atoms. The molecule has 26 heavy (non-hydrogen) atoms. The molecule has 1 aliphatic rings. The monoisotopic (exact) mass is 355 g/mol. The van der Waals surface area contributed by atoms with Gasteiger partial charge in [-0.1, -0.05) is 18.2 Å². The van der Waals surface area contributed by atoms with Gasteiger partial charge in [0.25, 0.3) is 5.91 Å². The highest BCUT2D eigenvalue weighted by atomic mass is 16.2. The Kier molecular flexibility index (Phi) is 5.37. The van der Waals surface area contributed by atoms with Crippen LogP contribution in [0.4, 0.5) is 0 Å². The van der Waals surface area contributed by atoms with Crippen molar-refractivity contribution in [3.63, 3.8) is 0 Å². The van der Waals surface area contributed by atoms with Crippen molar-refractivity contribution < 1.29 is 9.59 Å². The summed E-state index contributed by atoms with van der Waals surface area (Å²) >= 11 is 0. The van der Waals surface area contributed by atoms with Crippen molar-refractivity contribution in [2.75, 3.05) is 19.6 Å². The van der Waals surface area contributed by atoms with Gasteiger partial charge in [-0.3, -0.25) is 19.2 Å². The maximum Gasteiger partial charge on any atom is 0.254 e. The Bertz CT molecular complexity index is 772. The summed E-state index contributed by atoms with van der Waals surface area (Å²) in [5.41, 5.74) is 7.07. The van der Waals surface area contributed by atoms with E-state index >= 15 is 0 Å². The van der Waals surface area contributed by atoms with Gasteiger partial charge >= 0.3 is 0 Å². The van der Waals surface area contributed by atoms with E-state index in [0.29, 0.717) is 31.2 Å². The molecule has 2 aromatic rings. The second kappa shape index (κ2) is 7.70. The van der Waals surface area contributed by atoms with E-state index in [0.717, 1.165) is 12.1 Å². The number of rotatable bonds is 5. The topological polar surface area (TPSA) is 84.5 Å². The summed E-state index contributed by atoms with van der Waals surface area (Å²) in [5, 5.41) is 4.21. The van der Waals surface area contributed by atoms with Gasteiger partial charge in [-0.15, -0.1) is 0 Å². The first-order valence-electron chi connectivity index (χ1n) is 8.87. The first-order valence-corrected chi connectivity index (χ1v) is 8.87. The summed E-state index contributed by atoms with van der Waals surface area (Å²) < 4.78 is 1.77. The van der Waals surface area contributed by atoms with E-state index in [1.54, 1.807) is 21.8 Å². The molecule has 1 fully saturated rings. The molecule has 138 valence electrons. The fraction of sp³-hybridized carbons (Fsp3) is 0.421. The van der Waals surface area contributed by atoms with E-state index in [2.05, 4.69) is 23.8 Å². The van der Waals surface area contributed by atoms with Crippen molar-refractivity contribution in [2.24, 2.45) is 5.73 Å². The van der Waals surface area contributed by atoms with Gasteiger partial charge < -0.3 is 10.6 Å². The predicted octanol–water partition coefficient (Wildman–Crippen LogP) is 0.952. The predicted molar refractivity (Wildman–Crippen MR) is 98.5 cm³/mol. The number of nitrogens with zero attached hydrogens (tertiary/aromatic N) is 4. The van der Waals surface area contributed by atoms with Crippen LogP contribution < -0.4 is 5.73 Å². The molecule has 7 heteroatoms. The largest absolute Gasteiger partial charge is 0.368 e. The SMILES string of the molecule is CC(C)N1CCN(C(=O)c2ccccc2Cn2cccn2)C(C(N)=O)C1. The summed E-state index contributed by atoms with van der Waals surface area (Å²) in [4.78, 5) is 29.0. The number of hydrogen-bond acceptors (Lipinski definition) is 4. The minimum absolute atomic E-state index is 0.153. The van der Waals surface area contributed by atoms with E-state index in [1.165, 1.54) is 0 Å². The molecule has 2 N–H and O–H groups in total. The zero-order valence-electron chi connectivity index (χ0n) is 15.2. The number of amides is 2. The van der Waals surface area contributed by atoms with Crippen molar-refractivity contribution in [2.45, 2.75) is 32.5 Å². The number of primary amides is 1. The van der Waals surface area contributed by atoms with E-state index in [-0.39, 0.29) is 5.91 Å². The number of aromatic nitrogens is 2. The van der Waals surface area contributed by atoms with Crippen LogP contribution in [0, 0.1) is 0 Å². The molecule has 2 amide bonds. The molecule has 1 saturated heterocycles. The lowest BCUT2D eigenvalue weighted by molar-refractivity contribution is -0.124. The summed E-state index contributed by atoms with van der Waals surface area (Å²) in [6, 6.07) is 8.99. The number of benzene rings is 1. The molecule has 0 saturated carbocycles. The molecule has 1 atom stereocenters. The van der Waals surface area contributed by atoms with Gasteiger partial charge in [0.05, 0.1) is 6.54 Å². The van der Waals surface area contributed by atoms with Crippen molar-refractivity contribution in [1.82, 2.24) is 19.6 Å². The maximum absolute atomic E-state index is 13.2. The van der Waals surface area contributed by atoms with Crippen LogP contribution in [0.25, 0.3) is 0 Å². The molecule has 1 aromatic carbocycles. The minimum Gasteiger partial charge on any atom is -0.368 e. The summed E-state index contributed by atoms with van der Waals surface area (Å²) in [5.74, 6) is -0.617. The molecular formula is C19H25N5O2. The first kappa shape index (κ1) is 18.1. The molecule has 1 unspecified atom stereocenters. The molecular weight excluding hydrogens is 330 g/mol. The number of piperazine rings is 1. The van der Waals surface area contributed by atoms with Crippen molar-refractivity contribution in [1.29, 1.82) is 0 Å². The van der Waals surface area contributed by atoms with Crippen LogP contribution >= 0.6 is 0 Å². The fourth-order valence-electron chi connectivity index (χ4n) is 3.35. The third kappa shape index (κ3) is 3.77. The Labute approximate surface area is 153 Å². The van der Waals surface area contributed by atoms with Gasteiger partial charge in [-0.25, -0.2) is 0 Å². The van der Waals surface area contributed by atoms with Gasteiger partial charge in [0.15, 0.2) is 0 Å². The second-order valence-corrected chi connectivity index (χ2v) is 6.87. The van der Waals surface area contributed by atoms with E-state index in [9.17, 15) is 9.59 Å². The first-order chi connectivity index (χ1) is 12.5. The van der Waals surface area contributed by atoms with Crippen LogP contribution in [0.15, 0.2) is 42.7 Å². The smallest absolute Gasteiger partial charge is 0.254 e. The zero-order chi connectivity index (χ0) is 18.7. The lowest BCUT2D eigenvalue weighted by Gasteiger charge is -2.41. The van der Waals surface area contributed by atoms with Crippen LogP contribution in [-0.4, -0.2) is 63.1 Å². The normalized spacial score (nSPS) is 18.3. The summed E-state index contributed by atoms with van der Waals surface area (Å²) in [7, 11) is 0. The van der Waals surface area contributed by atoms with Gasteiger partial charge in [0.1, 0.15) is 6.04 Å². The molecule has 2 heterocycles. The number of nitrogens with two attached hydrogens (primary N) is 1. The molecule has 1 aliphatic heterocycles. The Balaban J connectivity index is 1.85. The molecule has 7 nitrogen and oxygen atoms in total. The molecule has 0 aliphatic carbocycles. The van der Waals surface area contributed by atoms with Gasteiger partial charge in [-0.2, -0.15) is 5.10 Å². The number of carbonyl (C=O) groups is 2. The third-order valence-corrected chi connectivity index (χ3v) is 4.87. The lowest BCUT2D eigenvalue weighted by atomic mass is 10.0. The zero-order valence-corrected chi connectivity index (χ0v) is 15.2. The average molecular weight is 355 g/mol. The Morgan fingerprint density at radius 2 is 2.00 bits per heavy atom. The van der Waals surface area contributed by atoms with Gasteiger partial charge in [-0.05, 0) is 31.5 Å². The van der Waals surface area contributed by atoms with Crippen LogP contribution in [0.1, 0.15) is 29.8 Å². The average Bonchev–Trinajstić information content (AvgIpc) is 3.14. The Morgan fingerprint density at radius 3 is 2.65 bits per heavy atom. The molecule has 0 bridgehead atoms. The van der Waals surface area contributed by atoms with E-state index in [4.69, 9.17) is 5.73 Å². The second-order valence-electron chi connectivity index (χ2n) is 6.87. The lowest BCUT2D eigenvalue weighted by Crippen LogP contribution is -2.61. The van der Waals surface area contributed by atoms with Crippen LogP contribution in [0.3, 0.4) is 0 Å². The number of carbonyl (C=O) groups excluding carboxylic acids is 2. The quantitative estimate of drug-likeness (QED) is 0.865. The maximum atomic E-state index is 13.2. The highest BCUT2D eigenvalue weighted by Gasteiger charge is 2.35. The Hall–Kier alpha value is -2.67. The van der Waals surface area contributed by atoms with Crippen molar-refractivity contribution >= 4 is 11.8 Å². The standard InChI is InChI=1S/C19H25N5O2/c1-14(2)22-10-11-24(17(13-22)18(20)25)19(26)16-7-4-3-6-15(16)12-23-9-5-8-21-23/h3-9,14,17H,10-13H2,1-2H3,(H2,20,25). The van der Waals surface area contributed by atoms with Gasteiger partial charge in [0, 0.05) is 43.6 Å². The molecule has 1 aromatic heterocycles. The van der Waals surface area contributed by atoms with Crippen LogP contribution in [0.5, 0.6) is 0 Å². The van der Waals surface area contributed by atoms with E-state index < -0.39 is 11.9 Å². The van der Waals surface area contributed by atoms with Crippen LogP contribution in [0.2, 0.25) is 0 Å². The molecule has 0 radical (unpaired) electrons. The molecule has 3 rings (SSSR count). The highest BCUT2D eigenvalue weighted by Crippen LogP contribution is 2.19.